The van der Waals surface area contributed by atoms with E-state index in [4.69, 9.17) is 22.6 Å². The van der Waals surface area contributed by atoms with Gasteiger partial charge in [-0.3, -0.25) is 4.79 Å². The van der Waals surface area contributed by atoms with Crippen LogP contribution >= 0.6 is 22.9 Å². The number of primary amides is 1. The number of aromatic nitrogens is 2. The van der Waals surface area contributed by atoms with Gasteiger partial charge in [0.1, 0.15) is 11.8 Å². The summed E-state index contributed by atoms with van der Waals surface area (Å²) in [5.41, 5.74) is 7.86. The fraction of sp³-hybridized carbons (Fsp3) is 0. The first-order valence-corrected chi connectivity index (χ1v) is 5.74. The summed E-state index contributed by atoms with van der Waals surface area (Å²) in [6, 6.07) is 1.96. The SMILES string of the molecule is N#Cc1cnc(C(N)=O)c(Cl)c1-c1cscn1. The van der Waals surface area contributed by atoms with Gasteiger partial charge < -0.3 is 5.73 Å². The summed E-state index contributed by atoms with van der Waals surface area (Å²) < 4.78 is 0. The first kappa shape index (κ1) is 11.5. The normalized spacial score (nSPS) is 9.88. The van der Waals surface area contributed by atoms with Crippen molar-refractivity contribution in [2.45, 2.75) is 0 Å². The average molecular weight is 265 g/mol. The van der Waals surface area contributed by atoms with Gasteiger partial charge in [-0.1, -0.05) is 11.6 Å². The molecule has 0 bridgehead atoms. The number of thiazole rings is 1. The molecule has 2 N–H and O–H groups in total. The second kappa shape index (κ2) is 4.49. The fourth-order valence-corrected chi connectivity index (χ4v) is 2.21. The molecule has 5 nitrogen and oxygen atoms in total. The number of nitrogens with two attached hydrogens (primary N) is 1. The third-order valence-electron chi connectivity index (χ3n) is 2.06. The maximum atomic E-state index is 11.1. The van der Waals surface area contributed by atoms with E-state index in [9.17, 15) is 4.79 Å². The zero-order valence-corrected chi connectivity index (χ0v) is 9.92. The van der Waals surface area contributed by atoms with Crippen LogP contribution in [0.1, 0.15) is 16.1 Å². The van der Waals surface area contributed by atoms with Crippen molar-refractivity contribution >= 4 is 28.8 Å². The minimum absolute atomic E-state index is 0.0578. The maximum Gasteiger partial charge on any atom is 0.268 e. The van der Waals surface area contributed by atoms with Crippen LogP contribution in [-0.2, 0) is 0 Å². The Bertz CT molecular complexity index is 618. The minimum Gasteiger partial charge on any atom is -0.364 e. The van der Waals surface area contributed by atoms with Crippen molar-refractivity contribution in [1.29, 1.82) is 5.26 Å². The van der Waals surface area contributed by atoms with Crippen molar-refractivity contribution < 1.29 is 4.79 Å². The van der Waals surface area contributed by atoms with E-state index >= 15 is 0 Å². The van der Waals surface area contributed by atoms with E-state index in [2.05, 4.69) is 9.97 Å². The Kier molecular flexibility index (Phi) is 3.04. The van der Waals surface area contributed by atoms with Crippen LogP contribution < -0.4 is 5.73 Å². The Morgan fingerprint density at radius 3 is 2.82 bits per heavy atom. The predicted octanol–water partition coefficient (Wildman–Crippen LogP) is 1.83. The number of rotatable bonds is 2. The molecule has 7 heteroatoms. The summed E-state index contributed by atoms with van der Waals surface area (Å²) in [5.74, 6) is -0.740. The van der Waals surface area contributed by atoms with E-state index in [0.29, 0.717) is 11.3 Å². The Morgan fingerprint density at radius 2 is 2.29 bits per heavy atom. The van der Waals surface area contributed by atoms with Crippen molar-refractivity contribution in [2.24, 2.45) is 5.73 Å². The van der Waals surface area contributed by atoms with E-state index in [-0.39, 0.29) is 16.3 Å². The first-order valence-electron chi connectivity index (χ1n) is 4.42. The lowest BCUT2D eigenvalue weighted by Crippen LogP contribution is -2.14. The molecule has 0 saturated carbocycles. The zero-order valence-electron chi connectivity index (χ0n) is 8.35. The van der Waals surface area contributed by atoms with Crippen LogP contribution in [0.4, 0.5) is 0 Å². The Hall–Kier alpha value is -1.97. The van der Waals surface area contributed by atoms with Gasteiger partial charge in [0.15, 0.2) is 0 Å². The van der Waals surface area contributed by atoms with Crippen molar-refractivity contribution in [1.82, 2.24) is 9.97 Å². The molecule has 17 heavy (non-hydrogen) atoms. The largest absolute Gasteiger partial charge is 0.364 e. The monoisotopic (exact) mass is 264 g/mol. The molecule has 84 valence electrons. The van der Waals surface area contributed by atoms with Gasteiger partial charge in [0, 0.05) is 17.1 Å². The smallest absolute Gasteiger partial charge is 0.268 e. The van der Waals surface area contributed by atoms with Crippen molar-refractivity contribution in [2.75, 3.05) is 0 Å². The summed E-state index contributed by atoms with van der Waals surface area (Å²) in [4.78, 5) is 18.9. The number of halogens is 1. The predicted molar refractivity (Wildman–Crippen MR) is 63.6 cm³/mol. The Labute approximate surface area is 105 Å². The molecule has 2 aromatic rings. The van der Waals surface area contributed by atoms with Crippen LogP contribution in [0.2, 0.25) is 5.02 Å². The molecule has 2 aromatic heterocycles. The van der Waals surface area contributed by atoms with Gasteiger partial charge in [0.2, 0.25) is 0 Å². The fourth-order valence-electron chi connectivity index (χ4n) is 1.33. The maximum absolute atomic E-state index is 11.1. The molecule has 0 fully saturated rings. The number of carbonyl (C=O) groups is 1. The lowest BCUT2D eigenvalue weighted by atomic mass is 10.1. The quantitative estimate of drug-likeness (QED) is 0.895. The molecule has 2 rings (SSSR count). The zero-order chi connectivity index (χ0) is 12.4. The molecule has 0 spiro atoms. The van der Waals surface area contributed by atoms with Gasteiger partial charge in [-0.05, 0) is 0 Å². The van der Waals surface area contributed by atoms with E-state index in [1.54, 1.807) is 10.9 Å². The number of carbonyl (C=O) groups excluding carboxylic acids is 1. The minimum atomic E-state index is -0.740. The first-order chi connectivity index (χ1) is 8.15. The number of hydrogen-bond donors (Lipinski definition) is 1. The summed E-state index contributed by atoms with van der Waals surface area (Å²) in [6.45, 7) is 0. The van der Waals surface area contributed by atoms with Gasteiger partial charge in [0.25, 0.3) is 5.91 Å². The van der Waals surface area contributed by atoms with Crippen LogP contribution in [-0.4, -0.2) is 15.9 Å². The Morgan fingerprint density at radius 1 is 1.53 bits per heavy atom. The van der Waals surface area contributed by atoms with Gasteiger partial charge in [-0.25, -0.2) is 9.97 Å². The molecule has 0 saturated heterocycles. The molecule has 0 aliphatic rings. The number of nitriles is 1. The second-order valence-electron chi connectivity index (χ2n) is 3.06. The second-order valence-corrected chi connectivity index (χ2v) is 4.16. The highest BCUT2D eigenvalue weighted by Crippen LogP contribution is 2.32. The molecule has 1 amide bonds. The highest BCUT2D eigenvalue weighted by atomic mass is 35.5. The van der Waals surface area contributed by atoms with E-state index in [1.807, 2.05) is 6.07 Å². The topological polar surface area (TPSA) is 92.7 Å². The van der Waals surface area contributed by atoms with Gasteiger partial charge in [-0.15, -0.1) is 11.3 Å². The third-order valence-corrected chi connectivity index (χ3v) is 3.02. The van der Waals surface area contributed by atoms with E-state index in [1.165, 1.54) is 17.5 Å². The summed E-state index contributed by atoms with van der Waals surface area (Å²) >= 11 is 7.39. The summed E-state index contributed by atoms with van der Waals surface area (Å²) in [7, 11) is 0. The van der Waals surface area contributed by atoms with Gasteiger partial charge in [0.05, 0.1) is 21.8 Å². The number of amides is 1. The van der Waals surface area contributed by atoms with Crippen molar-refractivity contribution in [3.05, 3.63) is 33.4 Å². The number of nitrogens with zero attached hydrogens (tertiary/aromatic N) is 3. The molecule has 0 atom stereocenters. The van der Waals surface area contributed by atoms with E-state index < -0.39 is 5.91 Å². The molecular weight excluding hydrogens is 260 g/mol. The number of pyridine rings is 1. The molecular formula is C10H5ClN4OS. The molecule has 0 radical (unpaired) electrons. The van der Waals surface area contributed by atoms with Crippen LogP contribution in [0.5, 0.6) is 0 Å². The standard InChI is InChI=1S/C10H5ClN4OS/c11-8-7(6-3-17-4-15-6)5(1-12)2-14-9(8)10(13)16/h2-4H,(H2,13,16). The Balaban J connectivity index is 2.76. The summed E-state index contributed by atoms with van der Waals surface area (Å²) in [6.07, 6.45) is 1.26. The lowest BCUT2D eigenvalue weighted by Gasteiger charge is -2.06. The lowest BCUT2D eigenvalue weighted by molar-refractivity contribution is 0.0996. The average Bonchev–Trinajstić information content (AvgIpc) is 2.81. The molecule has 0 unspecified atom stereocenters. The van der Waals surface area contributed by atoms with Crippen LogP contribution in [0, 0.1) is 11.3 Å². The van der Waals surface area contributed by atoms with Crippen LogP contribution in [0.3, 0.4) is 0 Å². The highest BCUT2D eigenvalue weighted by molar-refractivity contribution is 7.07. The summed E-state index contributed by atoms with van der Waals surface area (Å²) in [5, 5.41) is 10.8. The molecule has 2 heterocycles. The molecule has 0 aliphatic heterocycles. The highest BCUT2D eigenvalue weighted by Gasteiger charge is 2.19. The third kappa shape index (κ3) is 1.98. The van der Waals surface area contributed by atoms with Crippen molar-refractivity contribution in [3.63, 3.8) is 0 Å². The van der Waals surface area contributed by atoms with Crippen LogP contribution in [0.15, 0.2) is 17.1 Å². The van der Waals surface area contributed by atoms with Crippen LogP contribution in [0.25, 0.3) is 11.3 Å². The van der Waals surface area contributed by atoms with E-state index in [0.717, 1.165) is 0 Å². The van der Waals surface area contributed by atoms with Crippen molar-refractivity contribution in [3.8, 4) is 17.3 Å². The number of hydrogen-bond acceptors (Lipinski definition) is 5. The molecule has 0 aromatic carbocycles. The molecule has 0 aliphatic carbocycles. The van der Waals surface area contributed by atoms with Gasteiger partial charge in [-0.2, -0.15) is 5.26 Å². The van der Waals surface area contributed by atoms with Gasteiger partial charge >= 0.3 is 0 Å².